The van der Waals surface area contributed by atoms with Gasteiger partial charge in [-0.05, 0) is 23.6 Å². The monoisotopic (exact) mass is 402 g/mol. The third kappa shape index (κ3) is 3.45. The van der Waals surface area contributed by atoms with Crippen LogP contribution in [0.2, 0.25) is 0 Å². The molecular weight excluding hydrogens is 380 g/mol. The normalized spacial score (nSPS) is 18.3. The molecule has 152 valence electrons. The van der Waals surface area contributed by atoms with Crippen LogP contribution in [-0.2, 0) is 9.59 Å². The summed E-state index contributed by atoms with van der Waals surface area (Å²) >= 11 is 0. The number of nitrogens with zero attached hydrogens (tertiary/aromatic N) is 1. The molecule has 30 heavy (non-hydrogen) atoms. The maximum absolute atomic E-state index is 12.9. The molecule has 1 fully saturated rings. The van der Waals surface area contributed by atoms with Gasteiger partial charge in [0.25, 0.3) is 0 Å². The minimum absolute atomic E-state index is 0.0369. The van der Waals surface area contributed by atoms with Crippen LogP contribution in [0.5, 0.6) is 11.5 Å². The van der Waals surface area contributed by atoms with Gasteiger partial charge in [0.05, 0.1) is 24.8 Å². The summed E-state index contributed by atoms with van der Waals surface area (Å²) in [6, 6.07) is 19.2. The first-order valence-corrected chi connectivity index (χ1v) is 10.2. The van der Waals surface area contributed by atoms with Crippen molar-refractivity contribution in [3.05, 3.63) is 60.7 Å². The molecule has 2 aliphatic rings. The number of amides is 2. The van der Waals surface area contributed by atoms with Crippen LogP contribution in [0.25, 0.3) is 10.8 Å². The average molecular weight is 402 g/mol. The van der Waals surface area contributed by atoms with E-state index in [2.05, 4.69) is 5.32 Å². The highest BCUT2D eigenvalue weighted by atomic mass is 16.5. The van der Waals surface area contributed by atoms with Crippen LogP contribution in [-0.4, -0.2) is 31.6 Å². The quantitative estimate of drug-likeness (QED) is 0.719. The summed E-state index contributed by atoms with van der Waals surface area (Å²) in [7, 11) is 0. The lowest BCUT2D eigenvalue weighted by Gasteiger charge is -2.19. The second-order valence-corrected chi connectivity index (χ2v) is 7.60. The summed E-state index contributed by atoms with van der Waals surface area (Å²) < 4.78 is 11.3. The molecule has 1 atom stereocenters. The molecule has 2 aliphatic heterocycles. The van der Waals surface area contributed by atoms with Crippen molar-refractivity contribution in [2.45, 2.75) is 12.8 Å². The maximum atomic E-state index is 12.9. The topological polar surface area (TPSA) is 67.9 Å². The standard InChI is InChI=1S/C24H22N2O4/c27-23-13-17(15-26(23)20-8-3-6-16-5-1-2-7-19(16)20)24(28)25-18-9-10-21-22(14-18)30-12-4-11-29-21/h1-3,5-10,14,17H,4,11-13,15H2,(H,25,28)/t17-/m0/s1. The van der Waals surface area contributed by atoms with Crippen molar-refractivity contribution in [1.82, 2.24) is 0 Å². The molecule has 1 saturated heterocycles. The van der Waals surface area contributed by atoms with Gasteiger partial charge in [-0.15, -0.1) is 0 Å². The van der Waals surface area contributed by atoms with Crippen molar-refractivity contribution in [3.63, 3.8) is 0 Å². The Balaban J connectivity index is 1.33. The van der Waals surface area contributed by atoms with Gasteiger partial charge >= 0.3 is 0 Å². The Morgan fingerprint density at radius 1 is 0.967 bits per heavy atom. The van der Waals surface area contributed by atoms with E-state index in [1.165, 1.54) is 0 Å². The van der Waals surface area contributed by atoms with Crippen LogP contribution in [0.3, 0.4) is 0 Å². The van der Waals surface area contributed by atoms with Crippen molar-refractivity contribution in [2.75, 3.05) is 30.0 Å². The van der Waals surface area contributed by atoms with E-state index in [0.29, 0.717) is 36.9 Å². The van der Waals surface area contributed by atoms with Crippen LogP contribution in [0, 0.1) is 5.92 Å². The van der Waals surface area contributed by atoms with E-state index in [1.807, 2.05) is 42.5 Å². The lowest BCUT2D eigenvalue weighted by Crippen LogP contribution is -2.28. The Labute approximate surface area is 174 Å². The Kier molecular flexibility index (Phi) is 4.75. The molecule has 6 heteroatoms. The van der Waals surface area contributed by atoms with E-state index in [1.54, 1.807) is 23.1 Å². The zero-order valence-corrected chi connectivity index (χ0v) is 16.5. The second-order valence-electron chi connectivity index (χ2n) is 7.60. The van der Waals surface area contributed by atoms with Crippen LogP contribution in [0.1, 0.15) is 12.8 Å². The predicted molar refractivity (Wildman–Crippen MR) is 115 cm³/mol. The molecule has 0 aliphatic carbocycles. The van der Waals surface area contributed by atoms with Crippen molar-refractivity contribution >= 4 is 34.0 Å². The van der Waals surface area contributed by atoms with Gasteiger partial charge in [-0.2, -0.15) is 0 Å². The van der Waals surface area contributed by atoms with Gasteiger partial charge in [0.1, 0.15) is 0 Å². The predicted octanol–water partition coefficient (Wildman–Crippen LogP) is 3.99. The second kappa shape index (κ2) is 7.71. The highest BCUT2D eigenvalue weighted by molar-refractivity contribution is 6.08. The van der Waals surface area contributed by atoms with Gasteiger partial charge in [-0.3, -0.25) is 9.59 Å². The molecule has 0 saturated carbocycles. The third-order valence-electron chi connectivity index (χ3n) is 5.57. The number of fused-ring (bicyclic) bond motifs is 2. The molecule has 0 aromatic heterocycles. The number of nitrogens with one attached hydrogen (secondary N) is 1. The van der Waals surface area contributed by atoms with E-state index in [9.17, 15) is 9.59 Å². The lowest BCUT2D eigenvalue weighted by atomic mass is 10.1. The first kappa shape index (κ1) is 18.5. The molecule has 2 heterocycles. The van der Waals surface area contributed by atoms with Gasteiger partial charge in [-0.25, -0.2) is 0 Å². The van der Waals surface area contributed by atoms with E-state index in [0.717, 1.165) is 22.9 Å². The first-order chi connectivity index (χ1) is 14.7. The van der Waals surface area contributed by atoms with Crippen molar-refractivity contribution in [3.8, 4) is 11.5 Å². The summed E-state index contributed by atoms with van der Waals surface area (Å²) in [5, 5.41) is 5.01. The zero-order chi connectivity index (χ0) is 20.5. The van der Waals surface area contributed by atoms with E-state index < -0.39 is 5.92 Å². The number of ether oxygens (including phenoxy) is 2. The minimum atomic E-state index is -0.410. The van der Waals surface area contributed by atoms with Gasteiger partial charge in [0.2, 0.25) is 11.8 Å². The van der Waals surface area contributed by atoms with Crippen molar-refractivity contribution in [1.29, 1.82) is 0 Å². The SMILES string of the molecule is O=C(Nc1ccc2c(c1)OCCCO2)[C@H]1CC(=O)N(c2cccc3ccccc23)C1. The third-order valence-corrected chi connectivity index (χ3v) is 5.57. The Hall–Kier alpha value is -3.54. The molecule has 0 radical (unpaired) electrons. The van der Waals surface area contributed by atoms with Crippen molar-refractivity contribution in [2.24, 2.45) is 5.92 Å². The molecule has 3 aromatic rings. The van der Waals surface area contributed by atoms with Crippen molar-refractivity contribution < 1.29 is 19.1 Å². The molecule has 5 rings (SSSR count). The number of rotatable bonds is 3. The lowest BCUT2D eigenvalue weighted by molar-refractivity contribution is -0.122. The Bertz CT molecular complexity index is 1120. The van der Waals surface area contributed by atoms with E-state index in [-0.39, 0.29) is 18.2 Å². The molecular formula is C24H22N2O4. The molecule has 2 amide bonds. The molecule has 0 unspecified atom stereocenters. The number of anilines is 2. The number of benzene rings is 3. The highest BCUT2D eigenvalue weighted by Crippen LogP contribution is 2.34. The first-order valence-electron chi connectivity index (χ1n) is 10.2. The molecule has 0 bridgehead atoms. The molecule has 1 N–H and O–H groups in total. The highest BCUT2D eigenvalue weighted by Gasteiger charge is 2.35. The summed E-state index contributed by atoms with van der Waals surface area (Å²) in [6.07, 6.45) is 1.02. The van der Waals surface area contributed by atoms with Gasteiger partial charge in [0.15, 0.2) is 11.5 Å². The van der Waals surface area contributed by atoms with Crippen LogP contribution < -0.4 is 19.7 Å². The smallest absolute Gasteiger partial charge is 0.229 e. The maximum Gasteiger partial charge on any atom is 0.229 e. The summed E-state index contributed by atoms with van der Waals surface area (Å²) in [6.45, 7) is 1.57. The Morgan fingerprint density at radius 2 is 1.77 bits per heavy atom. The van der Waals surface area contributed by atoms with Gasteiger partial charge < -0.3 is 19.7 Å². The van der Waals surface area contributed by atoms with Crippen LogP contribution >= 0.6 is 0 Å². The molecule has 3 aromatic carbocycles. The zero-order valence-electron chi connectivity index (χ0n) is 16.5. The number of carbonyl (C=O) groups excluding carboxylic acids is 2. The summed E-state index contributed by atoms with van der Waals surface area (Å²) in [5.41, 5.74) is 1.49. The van der Waals surface area contributed by atoms with Gasteiger partial charge in [-0.1, -0.05) is 36.4 Å². The average Bonchev–Trinajstić information content (AvgIpc) is 3.00. The fraction of sp³-hybridized carbons (Fsp3) is 0.250. The number of hydrogen-bond acceptors (Lipinski definition) is 4. The van der Waals surface area contributed by atoms with Crippen LogP contribution in [0.4, 0.5) is 11.4 Å². The summed E-state index contributed by atoms with van der Waals surface area (Å²) in [5.74, 6) is 0.701. The Morgan fingerprint density at radius 3 is 2.67 bits per heavy atom. The van der Waals surface area contributed by atoms with E-state index in [4.69, 9.17) is 9.47 Å². The number of carbonyl (C=O) groups is 2. The minimum Gasteiger partial charge on any atom is -0.490 e. The molecule has 0 spiro atoms. The summed E-state index contributed by atoms with van der Waals surface area (Å²) in [4.78, 5) is 27.3. The molecule has 6 nitrogen and oxygen atoms in total. The van der Waals surface area contributed by atoms with Crippen LogP contribution in [0.15, 0.2) is 60.7 Å². The van der Waals surface area contributed by atoms with Gasteiger partial charge in [0, 0.05) is 36.5 Å². The fourth-order valence-corrected chi connectivity index (χ4v) is 4.05. The largest absolute Gasteiger partial charge is 0.490 e. The fourth-order valence-electron chi connectivity index (χ4n) is 4.05. The van der Waals surface area contributed by atoms with E-state index >= 15 is 0 Å². The number of hydrogen-bond donors (Lipinski definition) is 1.